The molecule has 2 rings (SSSR count). The zero-order chi connectivity index (χ0) is 13.0. The summed E-state index contributed by atoms with van der Waals surface area (Å²) in [5, 5.41) is 0. The van der Waals surface area contributed by atoms with Crippen molar-refractivity contribution in [3.05, 3.63) is 60.4 Å². The standard InChI is InChI=1S/C15H17N2O/c1-3-16(2)14-9-11-17(12-10-14)15(18)13-7-5-4-6-8-13/h4-12H,3H2,1-2H3/q+1. The number of benzene rings is 1. The Morgan fingerprint density at radius 2 is 1.72 bits per heavy atom. The van der Waals surface area contributed by atoms with Crippen molar-refractivity contribution in [1.82, 2.24) is 0 Å². The van der Waals surface area contributed by atoms with E-state index in [-0.39, 0.29) is 5.91 Å². The smallest absolute Gasteiger partial charge is 0.375 e. The molecular weight excluding hydrogens is 224 g/mol. The lowest BCUT2D eigenvalue weighted by atomic mass is 10.2. The molecule has 0 spiro atoms. The van der Waals surface area contributed by atoms with Crippen molar-refractivity contribution in [3.63, 3.8) is 0 Å². The van der Waals surface area contributed by atoms with Crippen LogP contribution in [-0.4, -0.2) is 19.5 Å². The lowest BCUT2D eigenvalue weighted by Crippen LogP contribution is -2.42. The fourth-order valence-corrected chi connectivity index (χ4v) is 1.72. The van der Waals surface area contributed by atoms with Crippen LogP contribution in [0.5, 0.6) is 0 Å². The van der Waals surface area contributed by atoms with Crippen molar-refractivity contribution in [3.8, 4) is 0 Å². The van der Waals surface area contributed by atoms with Crippen LogP contribution in [0.1, 0.15) is 17.3 Å². The molecule has 0 unspecified atom stereocenters. The van der Waals surface area contributed by atoms with Crippen molar-refractivity contribution in [2.75, 3.05) is 18.5 Å². The quantitative estimate of drug-likeness (QED) is 0.769. The minimum atomic E-state index is -0.0127. The summed E-state index contributed by atoms with van der Waals surface area (Å²) in [5.41, 5.74) is 1.80. The highest BCUT2D eigenvalue weighted by Crippen LogP contribution is 2.08. The van der Waals surface area contributed by atoms with Gasteiger partial charge in [0.2, 0.25) is 0 Å². The fourth-order valence-electron chi connectivity index (χ4n) is 1.72. The Hall–Kier alpha value is -2.16. The SMILES string of the molecule is CCN(C)c1cc[n+](C(=O)c2ccccc2)cc1. The van der Waals surface area contributed by atoms with Crippen LogP contribution in [-0.2, 0) is 0 Å². The van der Waals surface area contributed by atoms with Gasteiger partial charge >= 0.3 is 5.91 Å². The third-order valence-corrected chi connectivity index (χ3v) is 2.98. The van der Waals surface area contributed by atoms with Crippen molar-refractivity contribution >= 4 is 11.6 Å². The highest BCUT2D eigenvalue weighted by atomic mass is 16.2. The van der Waals surface area contributed by atoms with Crippen LogP contribution >= 0.6 is 0 Å². The molecule has 0 saturated heterocycles. The first-order valence-electron chi connectivity index (χ1n) is 6.04. The van der Waals surface area contributed by atoms with Gasteiger partial charge in [0, 0.05) is 31.4 Å². The van der Waals surface area contributed by atoms with E-state index in [0.29, 0.717) is 5.56 Å². The molecule has 3 heteroatoms. The van der Waals surface area contributed by atoms with Crippen LogP contribution in [0.2, 0.25) is 0 Å². The third-order valence-electron chi connectivity index (χ3n) is 2.98. The molecule has 1 aromatic heterocycles. The molecule has 0 amide bonds. The van der Waals surface area contributed by atoms with Crippen molar-refractivity contribution < 1.29 is 9.36 Å². The molecule has 3 nitrogen and oxygen atoms in total. The number of anilines is 1. The van der Waals surface area contributed by atoms with Gasteiger partial charge in [0.1, 0.15) is 0 Å². The van der Waals surface area contributed by atoms with E-state index < -0.39 is 0 Å². The summed E-state index contributed by atoms with van der Waals surface area (Å²) >= 11 is 0. The van der Waals surface area contributed by atoms with Crippen LogP contribution in [0.25, 0.3) is 0 Å². The van der Waals surface area contributed by atoms with Crippen LogP contribution < -0.4 is 9.47 Å². The van der Waals surface area contributed by atoms with E-state index in [1.54, 1.807) is 17.0 Å². The van der Waals surface area contributed by atoms with Crippen molar-refractivity contribution in [2.24, 2.45) is 0 Å². The van der Waals surface area contributed by atoms with Gasteiger partial charge < -0.3 is 4.90 Å². The molecule has 1 aromatic carbocycles. The van der Waals surface area contributed by atoms with Crippen LogP contribution in [0.4, 0.5) is 5.69 Å². The van der Waals surface area contributed by atoms with Gasteiger partial charge in [0.15, 0.2) is 12.4 Å². The summed E-state index contributed by atoms with van der Waals surface area (Å²) in [7, 11) is 2.03. The molecule has 0 aliphatic carbocycles. The lowest BCUT2D eigenvalue weighted by Gasteiger charge is -2.14. The van der Waals surface area contributed by atoms with Crippen LogP contribution in [0.15, 0.2) is 54.9 Å². The van der Waals surface area contributed by atoms with E-state index in [0.717, 1.165) is 12.2 Å². The number of hydrogen-bond acceptors (Lipinski definition) is 2. The Morgan fingerprint density at radius 3 is 2.28 bits per heavy atom. The number of rotatable bonds is 3. The molecule has 0 bridgehead atoms. The normalized spacial score (nSPS) is 10.1. The molecule has 1 heterocycles. The maximum absolute atomic E-state index is 12.1. The van der Waals surface area contributed by atoms with E-state index in [9.17, 15) is 4.79 Å². The minimum Gasteiger partial charge on any atom is -0.375 e. The van der Waals surface area contributed by atoms with E-state index in [1.165, 1.54) is 0 Å². The van der Waals surface area contributed by atoms with Gasteiger partial charge in [-0.3, -0.25) is 0 Å². The Bertz CT molecular complexity index is 520. The number of pyridine rings is 1. The first-order chi connectivity index (χ1) is 8.72. The summed E-state index contributed by atoms with van der Waals surface area (Å²) < 4.78 is 1.60. The Balaban J connectivity index is 2.22. The molecule has 0 N–H and O–H groups in total. The maximum atomic E-state index is 12.1. The summed E-state index contributed by atoms with van der Waals surface area (Å²) in [6.07, 6.45) is 3.60. The number of nitrogens with zero attached hydrogens (tertiary/aromatic N) is 2. The summed E-state index contributed by atoms with van der Waals surface area (Å²) in [4.78, 5) is 14.3. The third kappa shape index (κ3) is 2.56. The molecule has 0 fully saturated rings. The predicted octanol–water partition coefficient (Wildman–Crippen LogP) is 2.12. The largest absolute Gasteiger partial charge is 0.424 e. The van der Waals surface area contributed by atoms with E-state index in [1.807, 2.05) is 49.5 Å². The summed E-state index contributed by atoms with van der Waals surface area (Å²) in [5.74, 6) is -0.0127. The van der Waals surface area contributed by atoms with Gasteiger partial charge in [-0.1, -0.05) is 18.2 Å². The number of carbonyl (C=O) groups is 1. The van der Waals surface area contributed by atoms with E-state index in [4.69, 9.17) is 0 Å². The Kier molecular flexibility index (Phi) is 3.72. The molecule has 0 aliphatic rings. The highest BCUT2D eigenvalue weighted by molar-refractivity contribution is 5.86. The Labute approximate surface area is 107 Å². The number of carbonyl (C=O) groups excluding carboxylic acids is 1. The first kappa shape index (κ1) is 12.3. The topological polar surface area (TPSA) is 24.2 Å². The van der Waals surface area contributed by atoms with Crippen LogP contribution in [0.3, 0.4) is 0 Å². The van der Waals surface area contributed by atoms with Gasteiger partial charge in [-0.05, 0) is 19.1 Å². The van der Waals surface area contributed by atoms with E-state index in [2.05, 4.69) is 11.8 Å². The van der Waals surface area contributed by atoms with Gasteiger partial charge in [-0.2, -0.15) is 0 Å². The van der Waals surface area contributed by atoms with Crippen molar-refractivity contribution in [2.45, 2.75) is 6.92 Å². The first-order valence-corrected chi connectivity index (χ1v) is 6.04. The summed E-state index contributed by atoms with van der Waals surface area (Å²) in [6.45, 7) is 3.03. The minimum absolute atomic E-state index is 0.0127. The molecule has 0 atom stereocenters. The van der Waals surface area contributed by atoms with E-state index >= 15 is 0 Å². The number of hydrogen-bond donors (Lipinski definition) is 0. The molecule has 0 saturated carbocycles. The molecular formula is C15H17N2O+. The molecule has 0 aliphatic heterocycles. The van der Waals surface area contributed by atoms with Gasteiger partial charge in [0.05, 0.1) is 5.56 Å². The fraction of sp³-hybridized carbons (Fsp3) is 0.200. The van der Waals surface area contributed by atoms with Gasteiger partial charge in [-0.25, -0.2) is 4.79 Å². The molecule has 92 valence electrons. The lowest BCUT2D eigenvalue weighted by molar-refractivity contribution is -0.570. The highest BCUT2D eigenvalue weighted by Gasteiger charge is 2.16. The maximum Gasteiger partial charge on any atom is 0.424 e. The number of aromatic nitrogens is 1. The predicted molar refractivity (Wildman–Crippen MR) is 71.8 cm³/mol. The van der Waals surface area contributed by atoms with Crippen LogP contribution in [0, 0.1) is 0 Å². The van der Waals surface area contributed by atoms with Gasteiger partial charge in [-0.15, -0.1) is 4.57 Å². The van der Waals surface area contributed by atoms with Crippen molar-refractivity contribution in [1.29, 1.82) is 0 Å². The van der Waals surface area contributed by atoms with Gasteiger partial charge in [0.25, 0.3) is 0 Å². The Morgan fingerprint density at radius 1 is 1.11 bits per heavy atom. The average molecular weight is 241 g/mol. The molecule has 2 aromatic rings. The zero-order valence-corrected chi connectivity index (χ0v) is 10.7. The monoisotopic (exact) mass is 241 g/mol. The summed E-state index contributed by atoms with van der Waals surface area (Å²) in [6, 6.07) is 13.2. The second-order valence-electron chi connectivity index (χ2n) is 4.15. The second kappa shape index (κ2) is 5.45. The molecule has 0 radical (unpaired) electrons. The molecule has 18 heavy (non-hydrogen) atoms. The average Bonchev–Trinajstić information content (AvgIpc) is 2.47. The second-order valence-corrected chi connectivity index (χ2v) is 4.15. The zero-order valence-electron chi connectivity index (χ0n) is 10.7.